The van der Waals surface area contributed by atoms with Gasteiger partial charge in [0.15, 0.2) is 6.29 Å². The number of carbonyl (C=O) groups excluding carboxylic acids is 1. The summed E-state index contributed by atoms with van der Waals surface area (Å²) in [5.74, 6) is 1.27. The molecule has 0 fully saturated rings. The number of fused-ring (bicyclic) bond motifs is 2. The Bertz CT molecular complexity index is 2540. The third-order valence-electron chi connectivity index (χ3n) is 7.67. The van der Waals surface area contributed by atoms with E-state index in [1.165, 1.54) is 0 Å². The molecule has 0 N–H and O–H groups in total. The van der Waals surface area contributed by atoms with Crippen LogP contribution in [0.25, 0.3) is 45.3 Å². The molecule has 0 aliphatic carbocycles. The van der Waals surface area contributed by atoms with E-state index in [0.717, 1.165) is 28.9 Å². The van der Waals surface area contributed by atoms with Crippen LogP contribution in [0.3, 0.4) is 0 Å². The average Bonchev–Trinajstić information content (AvgIpc) is 3.19. The molecule has 8 aromatic rings. The zero-order valence-electron chi connectivity index (χ0n) is 27.7. The van der Waals surface area contributed by atoms with Gasteiger partial charge in [0.05, 0.1) is 38.9 Å². The van der Waals surface area contributed by atoms with Gasteiger partial charge < -0.3 is 0 Å². The van der Waals surface area contributed by atoms with Crippen molar-refractivity contribution in [1.82, 2.24) is 29.1 Å². The Balaban J connectivity index is 0.000000150. The number of aldehydes is 1. The first kappa shape index (κ1) is 33.8. The predicted molar refractivity (Wildman–Crippen MR) is 202 cm³/mol. The van der Waals surface area contributed by atoms with Crippen molar-refractivity contribution in [2.45, 2.75) is 6.92 Å². The van der Waals surface area contributed by atoms with Gasteiger partial charge >= 0.3 is 0 Å². The second-order valence-electron chi connectivity index (χ2n) is 11.1. The lowest BCUT2D eigenvalue weighted by Gasteiger charge is -2.11. The van der Waals surface area contributed by atoms with Crippen LogP contribution >= 0.6 is 0 Å². The van der Waals surface area contributed by atoms with Crippen molar-refractivity contribution in [3.63, 3.8) is 0 Å². The molecule has 0 bridgehead atoms. The molecule has 0 saturated carbocycles. The van der Waals surface area contributed by atoms with E-state index in [1.807, 2.05) is 140 Å². The van der Waals surface area contributed by atoms with Gasteiger partial charge in [-0.2, -0.15) is 0 Å². The van der Waals surface area contributed by atoms with Crippen molar-refractivity contribution in [3.8, 4) is 11.4 Å². The van der Waals surface area contributed by atoms with E-state index in [9.17, 15) is 14.4 Å². The fraction of sp³-hybridized carbons (Fsp3) is 0.0238. The van der Waals surface area contributed by atoms with Crippen molar-refractivity contribution in [3.05, 3.63) is 202 Å². The molecule has 248 valence electrons. The number of aromatic nitrogens is 6. The topological polar surface area (TPSA) is 113 Å². The van der Waals surface area contributed by atoms with E-state index in [1.54, 1.807) is 45.8 Å². The van der Waals surface area contributed by atoms with Crippen molar-refractivity contribution in [1.29, 1.82) is 0 Å². The molecule has 8 rings (SSSR count). The number of carbonyl (C=O) groups is 1. The first-order valence-corrected chi connectivity index (χ1v) is 16.1. The zero-order valence-corrected chi connectivity index (χ0v) is 27.7. The molecular weight excluding hydrogens is 637 g/mol. The lowest BCUT2D eigenvalue weighted by molar-refractivity contribution is 0.111. The SMILES string of the molecule is Cc1nc2ccccc2c(=O)n1-c1ccccc1.O=Cc1ccccn1.O=c1c2ccccc2nc(/C=C/c2ccccn2)n1-c1ccccc1. The van der Waals surface area contributed by atoms with Crippen molar-refractivity contribution in [2.24, 2.45) is 0 Å². The normalized spacial score (nSPS) is 10.6. The molecule has 4 heterocycles. The molecular formula is C42H32N6O3. The van der Waals surface area contributed by atoms with Crippen molar-refractivity contribution >= 4 is 40.2 Å². The Kier molecular flexibility index (Phi) is 10.8. The molecule has 0 radical (unpaired) electrons. The molecule has 0 amide bonds. The number of pyridine rings is 2. The zero-order chi connectivity index (χ0) is 35.4. The van der Waals surface area contributed by atoms with Crippen LogP contribution in [0.2, 0.25) is 0 Å². The van der Waals surface area contributed by atoms with Gasteiger partial charge in [-0.25, -0.2) is 9.97 Å². The van der Waals surface area contributed by atoms with Crippen molar-refractivity contribution in [2.75, 3.05) is 0 Å². The first-order valence-electron chi connectivity index (χ1n) is 16.1. The quantitative estimate of drug-likeness (QED) is 0.174. The summed E-state index contributed by atoms with van der Waals surface area (Å²) < 4.78 is 3.27. The van der Waals surface area contributed by atoms with Crippen LogP contribution < -0.4 is 11.1 Å². The van der Waals surface area contributed by atoms with Gasteiger partial charge in [-0.05, 0) is 91.9 Å². The molecule has 0 saturated heterocycles. The Morgan fingerprint density at radius 2 is 0.961 bits per heavy atom. The molecule has 9 heteroatoms. The van der Waals surface area contributed by atoms with E-state index < -0.39 is 0 Å². The van der Waals surface area contributed by atoms with Crippen LogP contribution in [-0.2, 0) is 0 Å². The van der Waals surface area contributed by atoms with Gasteiger partial charge in [-0.15, -0.1) is 0 Å². The number of rotatable bonds is 5. The molecule has 4 aromatic heterocycles. The van der Waals surface area contributed by atoms with E-state index in [2.05, 4.69) is 19.9 Å². The maximum atomic E-state index is 13.0. The van der Waals surface area contributed by atoms with Gasteiger partial charge in [-0.3, -0.25) is 33.5 Å². The fourth-order valence-electron chi connectivity index (χ4n) is 5.29. The molecule has 0 atom stereocenters. The highest BCUT2D eigenvalue weighted by molar-refractivity contribution is 5.80. The highest BCUT2D eigenvalue weighted by Gasteiger charge is 2.11. The van der Waals surface area contributed by atoms with Crippen LogP contribution in [0.1, 0.15) is 27.8 Å². The minimum absolute atomic E-state index is 0.0238. The predicted octanol–water partition coefficient (Wildman–Crippen LogP) is 7.54. The standard InChI is InChI=1S/C21H15N3O.C15H12N2O.C6H5NO/c25-21-18-11-4-5-12-19(18)23-20(14-13-16-8-6-7-15-22-16)24(21)17-9-2-1-3-10-17;1-11-16-14-10-6-5-9-13(14)15(18)17(11)12-7-3-2-4-8-12;8-5-6-3-1-2-4-7-6/h1-15H;2-10H,1H3;1-5H/b14-13+;;. The summed E-state index contributed by atoms with van der Waals surface area (Å²) in [4.78, 5) is 52.6. The molecule has 51 heavy (non-hydrogen) atoms. The smallest absolute Gasteiger partial charge is 0.266 e. The molecule has 0 spiro atoms. The number of hydrogen-bond donors (Lipinski definition) is 0. The highest BCUT2D eigenvalue weighted by atomic mass is 16.1. The van der Waals surface area contributed by atoms with E-state index in [0.29, 0.717) is 33.6 Å². The van der Waals surface area contributed by atoms with Gasteiger partial charge in [0.2, 0.25) is 0 Å². The second kappa shape index (κ2) is 16.3. The summed E-state index contributed by atoms with van der Waals surface area (Å²) in [6.07, 6.45) is 7.72. The third-order valence-corrected chi connectivity index (χ3v) is 7.67. The van der Waals surface area contributed by atoms with Crippen LogP contribution in [0.5, 0.6) is 0 Å². The molecule has 0 aliphatic rings. The first-order chi connectivity index (χ1) is 25.0. The minimum atomic E-state index is -0.0857. The van der Waals surface area contributed by atoms with Gasteiger partial charge in [0, 0.05) is 12.4 Å². The van der Waals surface area contributed by atoms with Crippen molar-refractivity contribution < 1.29 is 4.79 Å². The Labute approximate surface area is 293 Å². The Hall–Kier alpha value is -7.13. The number of hydrogen-bond acceptors (Lipinski definition) is 7. The van der Waals surface area contributed by atoms with Crippen LogP contribution in [-0.4, -0.2) is 35.4 Å². The number of benzene rings is 4. The summed E-state index contributed by atoms with van der Waals surface area (Å²) in [5, 5.41) is 1.24. The summed E-state index contributed by atoms with van der Waals surface area (Å²) in [5.41, 5.74) is 4.23. The molecule has 0 unspecified atom stereocenters. The summed E-state index contributed by atoms with van der Waals surface area (Å²) in [6, 6.07) is 44.8. The van der Waals surface area contributed by atoms with Crippen LogP contribution in [0.15, 0.2) is 168 Å². The number of aryl methyl sites for hydroxylation is 1. The van der Waals surface area contributed by atoms with E-state index >= 15 is 0 Å². The summed E-state index contributed by atoms with van der Waals surface area (Å²) in [7, 11) is 0. The number of para-hydroxylation sites is 4. The molecule has 9 nitrogen and oxygen atoms in total. The maximum absolute atomic E-state index is 13.0. The molecule has 0 aliphatic heterocycles. The largest absolute Gasteiger partial charge is 0.296 e. The lowest BCUT2D eigenvalue weighted by atomic mass is 10.2. The second-order valence-corrected chi connectivity index (χ2v) is 11.1. The third kappa shape index (κ3) is 8.13. The van der Waals surface area contributed by atoms with Crippen LogP contribution in [0, 0.1) is 6.92 Å². The fourth-order valence-corrected chi connectivity index (χ4v) is 5.29. The van der Waals surface area contributed by atoms with Gasteiger partial charge in [0.1, 0.15) is 17.3 Å². The molecule has 4 aromatic carbocycles. The van der Waals surface area contributed by atoms with E-state index in [4.69, 9.17) is 0 Å². The minimum Gasteiger partial charge on any atom is -0.296 e. The van der Waals surface area contributed by atoms with Gasteiger partial charge in [-0.1, -0.05) is 72.8 Å². The van der Waals surface area contributed by atoms with E-state index in [-0.39, 0.29) is 11.1 Å². The summed E-state index contributed by atoms with van der Waals surface area (Å²) in [6.45, 7) is 1.85. The lowest BCUT2D eigenvalue weighted by Crippen LogP contribution is -2.22. The number of nitrogens with zero attached hydrogens (tertiary/aromatic N) is 6. The average molecular weight is 669 g/mol. The Morgan fingerprint density at radius 3 is 1.49 bits per heavy atom. The maximum Gasteiger partial charge on any atom is 0.266 e. The highest BCUT2D eigenvalue weighted by Crippen LogP contribution is 2.15. The Morgan fingerprint density at radius 1 is 0.490 bits per heavy atom. The summed E-state index contributed by atoms with van der Waals surface area (Å²) >= 11 is 0. The van der Waals surface area contributed by atoms with Crippen LogP contribution in [0.4, 0.5) is 0 Å². The monoisotopic (exact) mass is 668 g/mol. The van der Waals surface area contributed by atoms with Gasteiger partial charge in [0.25, 0.3) is 11.1 Å².